The van der Waals surface area contributed by atoms with E-state index in [0.29, 0.717) is 18.8 Å². The molecule has 1 amide bonds. The van der Waals surface area contributed by atoms with E-state index >= 15 is 0 Å². The topological polar surface area (TPSA) is 57.0 Å². The number of rotatable bonds is 2. The molecule has 0 saturated carbocycles. The summed E-state index contributed by atoms with van der Waals surface area (Å²) < 4.78 is 0. The molecule has 4 nitrogen and oxygen atoms in total. The Hall–Kier alpha value is -2.67. The smallest absolute Gasteiger partial charge is 0.254 e. The third-order valence-electron chi connectivity index (χ3n) is 3.77. The minimum absolute atomic E-state index is 0.0378. The highest BCUT2D eigenvalue weighted by Gasteiger charge is 2.22. The first-order chi connectivity index (χ1) is 10.3. The van der Waals surface area contributed by atoms with Crippen molar-refractivity contribution in [3.05, 3.63) is 65.0 Å². The molecule has 104 valence electrons. The van der Waals surface area contributed by atoms with E-state index in [1.54, 1.807) is 12.3 Å². The van der Waals surface area contributed by atoms with Crippen molar-refractivity contribution in [2.24, 2.45) is 0 Å². The second-order valence-electron chi connectivity index (χ2n) is 5.11. The summed E-state index contributed by atoms with van der Waals surface area (Å²) in [6.07, 6.45) is 3.45. The molecule has 0 aliphatic carbocycles. The molecule has 1 aromatic heterocycles. The Kier molecular flexibility index (Phi) is 3.65. The van der Waals surface area contributed by atoms with Crippen LogP contribution in [0.3, 0.4) is 0 Å². The molecular formula is C17H15N3O. The van der Waals surface area contributed by atoms with Gasteiger partial charge in [0.15, 0.2) is 0 Å². The first-order valence-corrected chi connectivity index (χ1v) is 7.01. The number of nitrogens with zero attached hydrogens (tertiary/aromatic N) is 3. The fraction of sp³-hybridized carbons (Fsp3) is 0.235. The number of fused-ring (bicyclic) bond motifs is 1. The molecule has 0 atom stereocenters. The molecule has 2 heterocycles. The van der Waals surface area contributed by atoms with E-state index in [4.69, 9.17) is 5.26 Å². The molecule has 0 radical (unpaired) electrons. The van der Waals surface area contributed by atoms with Crippen LogP contribution in [-0.4, -0.2) is 22.3 Å². The number of amides is 1. The van der Waals surface area contributed by atoms with Crippen LogP contribution >= 0.6 is 0 Å². The summed E-state index contributed by atoms with van der Waals surface area (Å²) >= 11 is 0. The maximum absolute atomic E-state index is 12.7. The van der Waals surface area contributed by atoms with E-state index in [1.807, 2.05) is 35.2 Å². The van der Waals surface area contributed by atoms with Crippen molar-refractivity contribution >= 4 is 5.91 Å². The van der Waals surface area contributed by atoms with Crippen molar-refractivity contribution in [3.63, 3.8) is 0 Å². The van der Waals surface area contributed by atoms with Gasteiger partial charge in [0, 0.05) is 30.4 Å². The molecule has 0 fully saturated rings. The number of benzene rings is 1. The van der Waals surface area contributed by atoms with E-state index in [9.17, 15) is 4.79 Å². The lowest BCUT2D eigenvalue weighted by atomic mass is 10.0. The normalized spacial score (nSPS) is 14.2. The fourth-order valence-electron chi connectivity index (χ4n) is 2.70. The number of aryl methyl sites for hydroxylation is 1. The summed E-state index contributed by atoms with van der Waals surface area (Å²) in [6, 6.07) is 13.5. The van der Waals surface area contributed by atoms with Gasteiger partial charge in [0.05, 0.1) is 0 Å². The van der Waals surface area contributed by atoms with Crippen molar-refractivity contribution < 1.29 is 4.79 Å². The first kappa shape index (κ1) is 13.3. The molecule has 1 aromatic carbocycles. The van der Waals surface area contributed by atoms with Crippen LogP contribution in [0.1, 0.15) is 33.6 Å². The molecule has 0 saturated heterocycles. The predicted molar refractivity (Wildman–Crippen MR) is 78.5 cm³/mol. The summed E-state index contributed by atoms with van der Waals surface area (Å²) in [5.74, 6) is 0.0378. The van der Waals surface area contributed by atoms with Crippen LogP contribution in [-0.2, 0) is 13.0 Å². The van der Waals surface area contributed by atoms with Gasteiger partial charge in [-0.25, -0.2) is 4.98 Å². The van der Waals surface area contributed by atoms with E-state index in [2.05, 4.69) is 11.1 Å². The second-order valence-corrected chi connectivity index (χ2v) is 5.11. The summed E-state index contributed by atoms with van der Waals surface area (Å²) in [4.78, 5) is 18.5. The van der Waals surface area contributed by atoms with Crippen LogP contribution in [0, 0.1) is 11.3 Å². The molecule has 1 aliphatic rings. The van der Waals surface area contributed by atoms with Crippen molar-refractivity contribution in [2.45, 2.75) is 19.4 Å². The van der Waals surface area contributed by atoms with Crippen LogP contribution in [0.5, 0.6) is 0 Å². The zero-order valence-electron chi connectivity index (χ0n) is 11.6. The Labute approximate surface area is 123 Å². The van der Waals surface area contributed by atoms with Gasteiger partial charge in [0.25, 0.3) is 5.91 Å². The third kappa shape index (κ3) is 2.63. The Morgan fingerprint density at radius 2 is 2.10 bits per heavy atom. The number of hydrogen-bond acceptors (Lipinski definition) is 3. The van der Waals surface area contributed by atoms with Crippen LogP contribution in [0.15, 0.2) is 42.6 Å². The Morgan fingerprint density at radius 1 is 1.24 bits per heavy atom. The highest BCUT2D eigenvalue weighted by atomic mass is 16.2. The number of aromatic nitrogens is 1. The minimum atomic E-state index is 0.0378. The van der Waals surface area contributed by atoms with Crippen LogP contribution < -0.4 is 0 Å². The average Bonchev–Trinajstić information content (AvgIpc) is 2.68. The number of hydrogen-bond donors (Lipinski definition) is 0. The maximum atomic E-state index is 12.7. The van der Waals surface area contributed by atoms with Crippen LogP contribution in [0.4, 0.5) is 0 Å². The van der Waals surface area contributed by atoms with Gasteiger partial charge in [-0.1, -0.05) is 24.3 Å². The van der Waals surface area contributed by atoms with E-state index in [-0.39, 0.29) is 5.91 Å². The fourth-order valence-corrected chi connectivity index (χ4v) is 2.70. The molecule has 4 heteroatoms. The van der Waals surface area contributed by atoms with Crippen molar-refractivity contribution in [1.29, 1.82) is 5.26 Å². The molecule has 1 aliphatic heterocycles. The summed E-state index contributed by atoms with van der Waals surface area (Å²) in [7, 11) is 0. The lowest BCUT2D eigenvalue weighted by Gasteiger charge is -2.21. The number of carbonyl (C=O) groups excluding carboxylic acids is 1. The van der Waals surface area contributed by atoms with Gasteiger partial charge >= 0.3 is 0 Å². The van der Waals surface area contributed by atoms with Gasteiger partial charge in [0.2, 0.25) is 0 Å². The van der Waals surface area contributed by atoms with Crippen molar-refractivity contribution in [3.8, 4) is 6.07 Å². The highest BCUT2D eigenvalue weighted by Crippen LogP contribution is 2.20. The zero-order chi connectivity index (χ0) is 14.7. The Balaban J connectivity index is 1.90. The summed E-state index contributed by atoms with van der Waals surface area (Å²) in [5, 5.41) is 9.11. The minimum Gasteiger partial charge on any atom is -0.334 e. The Morgan fingerprint density at radius 3 is 2.95 bits per heavy atom. The summed E-state index contributed by atoms with van der Waals surface area (Å²) in [6.45, 7) is 1.14. The van der Waals surface area contributed by atoms with Gasteiger partial charge in [0.1, 0.15) is 11.8 Å². The molecule has 21 heavy (non-hydrogen) atoms. The van der Waals surface area contributed by atoms with Crippen molar-refractivity contribution in [1.82, 2.24) is 9.88 Å². The lowest BCUT2D eigenvalue weighted by molar-refractivity contribution is 0.0748. The summed E-state index contributed by atoms with van der Waals surface area (Å²) in [5.41, 5.74) is 3.07. The molecule has 0 unspecified atom stereocenters. The SMILES string of the molecule is N#Cc1ncccc1CN1CCCc2ccccc2C1=O. The molecular weight excluding hydrogens is 262 g/mol. The number of pyridine rings is 1. The van der Waals surface area contributed by atoms with Gasteiger partial charge < -0.3 is 4.90 Å². The van der Waals surface area contributed by atoms with Gasteiger partial charge in [-0.15, -0.1) is 0 Å². The molecule has 2 aromatic rings. The number of nitriles is 1. The first-order valence-electron chi connectivity index (χ1n) is 7.01. The van der Waals surface area contributed by atoms with Crippen LogP contribution in [0.2, 0.25) is 0 Å². The molecule has 3 rings (SSSR count). The van der Waals surface area contributed by atoms with Gasteiger partial charge in [-0.3, -0.25) is 4.79 Å². The van der Waals surface area contributed by atoms with Gasteiger partial charge in [-0.05, 0) is 30.5 Å². The van der Waals surface area contributed by atoms with E-state index in [1.165, 1.54) is 0 Å². The Bertz CT molecular complexity index is 718. The predicted octanol–water partition coefficient (Wildman–Crippen LogP) is 2.54. The quantitative estimate of drug-likeness (QED) is 0.847. The number of carbonyl (C=O) groups is 1. The molecule has 0 bridgehead atoms. The second kappa shape index (κ2) is 5.76. The van der Waals surface area contributed by atoms with E-state index in [0.717, 1.165) is 29.5 Å². The third-order valence-corrected chi connectivity index (χ3v) is 3.77. The highest BCUT2D eigenvalue weighted by molar-refractivity contribution is 5.96. The van der Waals surface area contributed by atoms with Crippen molar-refractivity contribution in [2.75, 3.05) is 6.54 Å². The standard InChI is InChI=1S/C17H15N3O/c18-11-16-14(6-3-9-19-16)12-20-10-4-7-13-5-1-2-8-15(13)17(20)21/h1-3,5-6,8-9H,4,7,10,12H2. The van der Waals surface area contributed by atoms with Gasteiger partial charge in [-0.2, -0.15) is 5.26 Å². The lowest BCUT2D eigenvalue weighted by Crippen LogP contribution is -2.30. The monoisotopic (exact) mass is 277 g/mol. The average molecular weight is 277 g/mol. The largest absolute Gasteiger partial charge is 0.334 e. The molecule has 0 N–H and O–H groups in total. The van der Waals surface area contributed by atoms with Crippen LogP contribution in [0.25, 0.3) is 0 Å². The maximum Gasteiger partial charge on any atom is 0.254 e. The zero-order valence-corrected chi connectivity index (χ0v) is 11.6. The molecule has 0 spiro atoms. The van der Waals surface area contributed by atoms with E-state index < -0.39 is 0 Å².